The normalized spacial score (nSPS) is 16.6. The van der Waals surface area contributed by atoms with Crippen LogP contribution in [0.1, 0.15) is 0 Å². The first kappa shape index (κ1) is 14.0. The van der Waals surface area contributed by atoms with Crippen molar-refractivity contribution >= 4 is 17.3 Å². The van der Waals surface area contributed by atoms with Crippen LogP contribution in [0.25, 0.3) is 11.1 Å². The first-order valence-corrected chi connectivity index (χ1v) is 7.18. The molecule has 0 spiro atoms. The molecule has 1 heterocycles. The zero-order valence-electron chi connectivity index (χ0n) is 11.7. The Morgan fingerprint density at radius 3 is 2.90 bits per heavy atom. The first-order chi connectivity index (χ1) is 10.2. The molecule has 3 rings (SSSR count). The van der Waals surface area contributed by atoms with Gasteiger partial charge >= 0.3 is 0 Å². The number of para-hydroxylation sites is 1. The molecule has 21 heavy (non-hydrogen) atoms. The van der Waals surface area contributed by atoms with Gasteiger partial charge in [-0.25, -0.2) is 0 Å². The molecule has 0 aromatic heterocycles. The van der Waals surface area contributed by atoms with E-state index in [0.717, 1.165) is 28.3 Å². The van der Waals surface area contributed by atoms with Gasteiger partial charge in [0.1, 0.15) is 11.9 Å². The number of halogens is 1. The van der Waals surface area contributed by atoms with E-state index < -0.39 is 0 Å². The van der Waals surface area contributed by atoms with Crippen LogP contribution < -0.4 is 20.5 Å². The van der Waals surface area contributed by atoms with Crippen molar-refractivity contribution in [1.29, 1.82) is 0 Å². The summed E-state index contributed by atoms with van der Waals surface area (Å²) >= 11 is 6.37. The van der Waals surface area contributed by atoms with Crippen LogP contribution in [0.2, 0.25) is 5.02 Å². The lowest BCUT2D eigenvalue weighted by Gasteiger charge is -2.28. The number of hydrogen-bond acceptors (Lipinski definition) is 4. The number of nitrogens with one attached hydrogen (secondary N) is 1. The number of benzene rings is 2. The lowest BCUT2D eigenvalue weighted by molar-refractivity contribution is 0.215. The van der Waals surface area contributed by atoms with Gasteiger partial charge in [-0.15, -0.1) is 0 Å². The fourth-order valence-corrected chi connectivity index (χ4v) is 2.69. The summed E-state index contributed by atoms with van der Waals surface area (Å²) < 4.78 is 11.2. The highest BCUT2D eigenvalue weighted by molar-refractivity contribution is 6.33. The van der Waals surface area contributed by atoms with Crippen molar-refractivity contribution in [3.63, 3.8) is 0 Å². The molecule has 1 unspecified atom stereocenters. The van der Waals surface area contributed by atoms with E-state index in [2.05, 4.69) is 5.32 Å². The van der Waals surface area contributed by atoms with E-state index >= 15 is 0 Å². The maximum atomic E-state index is 6.37. The first-order valence-electron chi connectivity index (χ1n) is 6.80. The maximum Gasteiger partial charge on any atom is 0.150 e. The van der Waals surface area contributed by atoms with Crippen molar-refractivity contribution in [2.24, 2.45) is 5.73 Å². The summed E-state index contributed by atoms with van der Waals surface area (Å²) in [4.78, 5) is 0. The minimum Gasteiger partial charge on any atom is -0.497 e. The second-order valence-corrected chi connectivity index (χ2v) is 5.29. The predicted molar refractivity (Wildman–Crippen MR) is 85.4 cm³/mol. The van der Waals surface area contributed by atoms with Gasteiger partial charge < -0.3 is 20.5 Å². The van der Waals surface area contributed by atoms with Gasteiger partial charge in [-0.2, -0.15) is 0 Å². The van der Waals surface area contributed by atoms with Crippen LogP contribution in [0.3, 0.4) is 0 Å². The number of anilines is 1. The van der Waals surface area contributed by atoms with E-state index in [0.29, 0.717) is 18.1 Å². The highest BCUT2D eigenvalue weighted by Crippen LogP contribution is 2.42. The Balaban J connectivity index is 2.07. The van der Waals surface area contributed by atoms with Crippen molar-refractivity contribution in [3.05, 3.63) is 41.4 Å². The van der Waals surface area contributed by atoms with Crippen LogP contribution in [0, 0.1) is 0 Å². The molecule has 1 atom stereocenters. The summed E-state index contributed by atoms with van der Waals surface area (Å²) in [5, 5.41) is 3.97. The van der Waals surface area contributed by atoms with Crippen molar-refractivity contribution in [2.75, 3.05) is 25.5 Å². The molecule has 5 heteroatoms. The molecule has 110 valence electrons. The lowest BCUT2D eigenvalue weighted by Crippen LogP contribution is -2.37. The van der Waals surface area contributed by atoms with Crippen LogP contribution in [0.4, 0.5) is 5.69 Å². The van der Waals surface area contributed by atoms with E-state index in [4.69, 9.17) is 26.8 Å². The molecular formula is C16H17ClN2O2. The summed E-state index contributed by atoms with van der Waals surface area (Å²) in [7, 11) is 1.62. The third kappa shape index (κ3) is 2.64. The van der Waals surface area contributed by atoms with E-state index in [1.165, 1.54) is 0 Å². The van der Waals surface area contributed by atoms with Crippen LogP contribution in [-0.4, -0.2) is 26.3 Å². The molecule has 4 nitrogen and oxygen atoms in total. The van der Waals surface area contributed by atoms with Gasteiger partial charge in [0, 0.05) is 17.7 Å². The highest BCUT2D eigenvalue weighted by atomic mass is 35.5. The van der Waals surface area contributed by atoms with E-state index in [-0.39, 0.29) is 6.10 Å². The Hall–Kier alpha value is -1.91. The minimum atomic E-state index is -0.0318. The monoisotopic (exact) mass is 304 g/mol. The van der Waals surface area contributed by atoms with Crippen LogP contribution in [0.5, 0.6) is 11.5 Å². The molecule has 3 N–H and O–H groups in total. The quantitative estimate of drug-likeness (QED) is 0.914. The van der Waals surface area contributed by atoms with Gasteiger partial charge in [0.2, 0.25) is 0 Å². The number of rotatable bonds is 3. The Bertz CT molecular complexity index is 661. The zero-order chi connectivity index (χ0) is 14.8. The Morgan fingerprint density at radius 2 is 2.19 bits per heavy atom. The van der Waals surface area contributed by atoms with Gasteiger partial charge in [-0.1, -0.05) is 23.7 Å². The third-order valence-electron chi connectivity index (χ3n) is 3.55. The average molecular weight is 305 g/mol. The SMILES string of the molecule is COc1ccc(-c2cccc3c2OC(CN)CN3)c(Cl)c1. The molecule has 1 aliphatic heterocycles. The Morgan fingerprint density at radius 1 is 1.33 bits per heavy atom. The number of ether oxygens (including phenoxy) is 2. The van der Waals surface area contributed by atoms with Gasteiger partial charge in [0.05, 0.1) is 24.4 Å². The van der Waals surface area contributed by atoms with Crippen LogP contribution in [-0.2, 0) is 0 Å². The standard InChI is InChI=1S/C16H17ClN2O2/c1-20-10-5-6-12(14(17)7-10)13-3-2-4-15-16(13)21-11(8-18)9-19-15/h2-7,11,19H,8-9,18H2,1H3. The number of nitrogens with two attached hydrogens (primary N) is 1. The molecule has 0 amide bonds. The maximum absolute atomic E-state index is 6.37. The van der Waals surface area contributed by atoms with Gasteiger partial charge in [0.15, 0.2) is 5.75 Å². The third-order valence-corrected chi connectivity index (χ3v) is 3.86. The van der Waals surface area contributed by atoms with Crippen LogP contribution in [0.15, 0.2) is 36.4 Å². The largest absolute Gasteiger partial charge is 0.497 e. The van der Waals surface area contributed by atoms with Crippen molar-refractivity contribution in [1.82, 2.24) is 0 Å². The average Bonchev–Trinajstić information content (AvgIpc) is 2.53. The Kier molecular flexibility index (Phi) is 3.90. The fraction of sp³-hybridized carbons (Fsp3) is 0.250. The molecule has 2 aromatic carbocycles. The van der Waals surface area contributed by atoms with Crippen LogP contribution >= 0.6 is 11.6 Å². The lowest BCUT2D eigenvalue weighted by atomic mass is 10.0. The zero-order valence-corrected chi connectivity index (χ0v) is 12.5. The summed E-state index contributed by atoms with van der Waals surface area (Å²) in [5.74, 6) is 1.53. The van der Waals surface area contributed by atoms with E-state index in [1.54, 1.807) is 13.2 Å². The highest BCUT2D eigenvalue weighted by Gasteiger charge is 2.22. The molecule has 0 fully saturated rings. The molecule has 0 saturated carbocycles. The molecule has 2 aromatic rings. The van der Waals surface area contributed by atoms with Gasteiger partial charge in [0.25, 0.3) is 0 Å². The molecule has 0 saturated heterocycles. The summed E-state index contributed by atoms with van der Waals surface area (Å²) in [5.41, 5.74) is 8.53. The smallest absolute Gasteiger partial charge is 0.150 e. The predicted octanol–water partition coefficient (Wildman–Crippen LogP) is 3.15. The van der Waals surface area contributed by atoms with Gasteiger partial charge in [-0.3, -0.25) is 0 Å². The minimum absolute atomic E-state index is 0.0318. The second-order valence-electron chi connectivity index (χ2n) is 4.88. The van der Waals surface area contributed by atoms with Crippen molar-refractivity contribution in [2.45, 2.75) is 6.10 Å². The van der Waals surface area contributed by atoms with E-state index in [1.807, 2.05) is 30.3 Å². The summed E-state index contributed by atoms with van der Waals surface area (Å²) in [6.45, 7) is 1.18. The van der Waals surface area contributed by atoms with Crippen molar-refractivity contribution in [3.8, 4) is 22.6 Å². The van der Waals surface area contributed by atoms with Gasteiger partial charge in [-0.05, 0) is 24.3 Å². The van der Waals surface area contributed by atoms with Crippen molar-refractivity contribution < 1.29 is 9.47 Å². The molecule has 1 aliphatic rings. The second kappa shape index (κ2) is 5.84. The summed E-state index contributed by atoms with van der Waals surface area (Å²) in [6.07, 6.45) is -0.0318. The van der Waals surface area contributed by atoms with E-state index in [9.17, 15) is 0 Å². The molecule has 0 aliphatic carbocycles. The number of hydrogen-bond donors (Lipinski definition) is 2. The molecule has 0 bridgehead atoms. The summed E-state index contributed by atoms with van der Waals surface area (Å²) in [6, 6.07) is 11.6. The number of fused-ring (bicyclic) bond motifs is 1. The fourth-order valence-electron chi connectivity index (χ4n) is 2.42. The molecule has 0 radical (unpaired) electrons. The Labute approximate surface area is 128 Å². The number of methoxy groups -OCH3 is 1. The molecular weight excluding hydrogens is 288 g/mol. The topological polar surface area (TPSA) is 56.5 Å².